The van der Waals surface area contributed by atoms with E-state index in [4.69, 9.17) is 0 Å². The Labute approximate surface area is 145 Å². The van der Waals surface area contributed by atoms with Crippen LogP contribution in [0.2, 0.25) is 0 Å². The lowest BCUT2D eigenvalue weighted by Crippen LogP contribution is -2.64. The van der Waals surface area contributed by atoms with Crippen LogP contribution in [0.1, 0.15) is 23.7 Å². The second-order valence-electron chi connectivity index (χ2n) is 7.28. The highest BCUT2D eigenvalue weighted by molar-refractivity contribution is 9.10. The molecule has 0 radical (unpaired) electrons. The molecule has 1 aromatic heterocycles. The van der Waals surface area contributed by atoms with Crippen molar-refractivity contribution in [3.8, 4) is 0 Å². The second kappa shape index (κ2) is 5.31. The lowest BCUT2D eigenvalue weighted by molar-refractivity contribution is -0.0772. The summed E-state index contributed by atoms with van der Waals surface area (Å²) in [5, 5.41) is 1.41. The van der Waals surface area contributed by atoms with Crippen LogP contribution in [0.5, 0.6) is 0 Å². The first-order chi connectivity index (χ1) is 11.2. The van der Waals surface area contributed by atoms with Crippen molar-refractivity contribution in [3.05, 3.63) is 33.9 Å². The molecule has 2 aromatic rings. The zero-order valence-electron chi connectivity index (χ0n) is 13.6. The van der Waals surface area contributed by atoms with E-state index < -0.39 is 0 Å². The summed E-state index contributed by atoms with van der Waals surface area (Å²) in [5.74, 6) is 0. The summed E-state index contributed by atoms with van der Waals surface area (Å²) < 4.78 is 1.18. The first-order valence-electron chi connectivity index (χ1n) is 8.69. The number of hydrogen-bond acceptors (Lipinski definition) is 3. The van der Waals surface area contributed by atoms with E-state index >= 15 is 0 Å². The molecule has 1 N–H and O–H groups in total. The second-order valence-corrected chi connectivity index (χ2v) is 8.19. The molecule has 23 heavy (non-hydrogen) atoms. The number of piperazine rings is 1. The Hall–Kier alpha value is -0.880. The lowest BCUT2D eigenvalue weighted by atomic mass is 9.92. The molecule has 5 heteroatoms. The summed E-state index contributed by atoms with van der Waals surface area (Å²) in [7, 11) is 2.26. The van der Waals surface area contributed by atoms with E-state index in [1.807, 2.05) is 0 Å². The number of aromatic nitrogens is 1. The van der Waals surface area contributed by atoms with E-state index in [0.717, 1.165) is 6.42 Å². The zero-order valence-corrected chi connectivity index (χ0v) is 15.1. The van der Waals surface area contributed by atoms with E-state index in [1.165, 1.54) is 60.2 Å². The SMILES string of the molecule is CN1CCN2CC[C@H]3c4[nH]c5ccc(Br)cc5c4CCN3[C@H]2C1. The number of nitrogens with zero attached hydrogens (tertiary/aromatic N) is 3. The van der Waals surface area contributed by atoms with Crippen LogP contribution in [0.15, 0.2) is 22.7 Å². The Kier molecular flexibility index (Phi) is 3.34. The van der Waals surface area contributed by atoms with E-state index in [9.17, 15) is 0 Å². The Balaban J connectivity index is 1.56. The molecular weight excluding hydrogens is 352 g/mol. The predicted octanol–water partition coefficient (Wildman–Crippen LogP) is 2.81. The Morgan fingerprint density at radius 1 is 1.17 bits per heavy atom. The Morgan fingerprint density at radius 3 is 3.00 bits per heavy atom. The van der Waals surface area contributed by atoms with Crippen molar-refractivity contribution in [3.63, 3.8) is 0 Å². The fourth-order valence-electron chi connectivity index (χ4n) is 4.82. The summed E-state index contributed by atoms with van der Waals surface area (Å²) in [6.07, 6.45) is 3.01. The minimum atomic E-state index is 0.567. The summed E-state index contributed by atoms with van der Waals surface area (Å²) in [4.78, 5) is 11.7. The van der Waals surface area contributed by atoms with Crippen molar-refractivity contribution < 1.29 is 0 Å². The largest absolute Gasteiger partial charge is 0.357 e. The van der Waals surface area contributed by atoms with E-state index in [0.29, 0.717) is 12.2 Å². The zero-order chi connectivity index (χ0) is 15.6. The minimum Gasteiger partial charge on any atom is -0.357 e. The van der Waals surface area contributed by atoms with Crippen LogP contribution in [0.25, 0.3) is 10.9 Å². The first kappa shape index (κ1) is 14.5. The molecule has 2 atom stereocenters. The topological polar surface area (TPSA) is 25.5 Å². The first-order valence-corrected chi connectivity index (χ1v) is 9.48. The van der Waals surface area contributed by atoms with Gasteiger partial charge < -0.3 is 9.88 Å². The molecule has 0 unspecified atom stereocenters. The third-order valence-corrected chi connectivity index (χ3v) is 6.49. The molecule has 0 aliphatic carbocycles. The maximum atomic E-state index is 3.75. The number of fused-ring (bicyclic) bond motifs is 7. The van der Waals surface area contributed by atoms with Crippen LogP contribution in [-0.4, -0.2) is 65.6 Å². The smallest absolute Gasteiger partial charge is 0.0759 e. The Morgan fingerprint density at radius 2 is 2.09 bits per heavy atom. The number of likely N-dealkylation sites (N-methyl/N-ethyl adjacent to an activating group) is 1. The molecule has 3 aliphatic heterocycles. The molecule has 0 amide bonds. The lowest BCUT2D eigenvalue weighted by Gasteiger charge is -2.53. The van der Waals surface area contributed by atoms with Crippen molar-refractivity contribution in [2.24, 2.45) is 0 Å². The monoisotopic (exact) mass is 374 g/mol. The third-order valence-electron chi connectivity index (χ3n) is 5.99. The normalized spacial score (nSPS) is 29.3. The Bertz CT molecular complexity index is 755. The highest BCUT2D eigenvalue weighted by atomic mass is 79.9. The number of halogens is 1. The van der Waals surface area contributed by atoms with Crippen molar-refractivity contribution >= 4 is 26.8 Å². The maximum absolute atomic E-state index is 3.75. The summed E-state index contributed by atoms with van der Waals surface area (Å²) >= 11 is 3.63. The van der Waals surface area contributed by atoms with Gasteiger partial charge in [-0.3, -0.25) is 9.80 Å². The number of nitrogens with one attached hydrogen (secondary N) is 1. The van der Waals surface area contributed by atoms with Gasteiger partial charge in [-0.1, -0.05) is 15.9 Å². The van der Waals surface area contributed by atoms with Gasteiger partial charge in [-0.15, -0.1) is 0 Å². The molecule has 0 bridgehead atoms. The maximum Gasteiger partial charge on any atom is 0.0759 e. The quantitative estimate of drug-likeness (QED) is 0.767. The number of benzene rings is 1. The summed E-state index contributed by atoms with van der Waals surface area (Å²) in [6.45, 7) is 6.03. The van der Waals surface area contributed by atoms with Crippen LogP contribution < -0.4 is 0 Å². The van der Waals surface area contributed by atoms with Crippen LogP contribution in [0.3, 0.4) is 0 Å². The fraction of sp³-hybridized carbons (Fsp3) is 0.556. The average Bonchev–Trinajstić information content (AvgIpc) is 2.92. The van der Waals surface area contributed by atoms with Gasteiger partial charge in [0.05, 0.1) is 12.2 Å². The fourth-order valence-corrected chi connectivity index (χ4v) is 5.18. The molecule has 1 aromatic carbocycles. The number of aromatic amines is 1. The van der Waals surface area contributed by atoms with Crippen LogP contribution in [0.4, 0.5) is 0 Å². The molecule has 2 saturated heterocycles. The van der Waals surface area contributed by atoms with Gasteiger partial charge in [0, 0.05) is 53.8 Å². The van der Waals surface area contributed by atoms with Crippen LogP contribution in [0, 0.1) is 0 Å². The van der Waals surface area contributed by atoms with E-state index in [1.54, 1.807) is 5.56 Å². The summed E-state index contributed by atoms with van der Waals surface area (Å²) in [6, 6.07) is 7.20. The van der Waals surface area contributed by atoms with Gasteiger partial charge in [-0.25, -0.2) is 0 Å². The number of H-pyrrole nitrogens is 1. The van der Waals surface area contributed by atoms with Crippen molar-refractivity contribution in [2.45, 2.75) is 25.0 Å². The standard InChI is InChI=1S/C18H23BrN4/c1-21-8-9-22-6-5-16-18-13(4-7-23(16)17(22)11-21)14-10-12(19)2-3-15(14)20-18/h2-3,10,16-17,20H,4-9,11H2,1H3/t16-,17-/m0/s1. The predicted molar refractivity (Wildman–Crippen MR) is 96.6 cm³/mol. The van der Waals surface area contributed by atoms with E-state index in [-0.39, 0.29) is 0 Å². The molecule has 5 rings (SSSR count). The average molecular weight is 375 g/mol. The number of hydrogen-bond donors (Lipinski definition) is 1. The van der Waals surface area contributed by atoms with Gasteiger partial charge in [0.25, 0.3) is 0 Å². The highest BCUT2D eigenvalue weighted by Gasteiger charge is 2.42. The summed E-state index contributed by atoms with van der Waals surface area (Å²) in [5.41, 5.74) is 4.33. The molecule has 3 aliphatic rings. The molecule has 2 fully saturated rings. The number of rotatable bonds is 0. The van der Waals surface area contributed by atoms with Gasteiger partial charge in [-0.2, -0.15) is 0 Å². The van der Waals surface area contributed by atoms with Crippen molar-refractivity contribution in [2.75, 3.05) is 39.8 Å². The molecule has 4 heterocycles. The van der Waals surface area contributed by atoms with Crippen LogP contribution >= 0.6 is 15.9 Å². The third kappa shape index (κ3) is 2.21. The van der Waals surface area contributed by atoms with Crippen LogP contribution in [-0.2, 0) is 6.42 Å². The molecule has 122 valence electrons. The molecular formula is C18H23BrN4. The van der Waals surface area contributed by atoms with E-state index in [2.05, 4.69) is 60.9 Å². The molecule has 4 nitrogen and oxygen atoms in total. The van der Waals surface area contributed by atoms with Gasteiger partial charge in [0.1, 0.15) is 0 Å². The highest BCUT2D eigenvalue weighted by Crippen LogP contribution is 2.41. The minimum absolute atomic E-state index is 0.567. The van der Waals surface area contributed by atoms with Gasteiger partial charge in [0.15, 0.2) is 0 Å². The molecule has 0 saturated carbocycles. The molecule has 0 spiro atoms. The van der Waals surface area contributed by atoms with Crippen molar-refractivity contribution in [1.82, 2.24) is 19.7 Å². The van der Waals surface area contributed by atoms with Gasteiger partial charge in [-0.05, 0) is 43.7 Å². The van der Waals surface area contributed by atoms with Crippen molar-refractivity contribution in [1.29, 1.82) is 0 Å². The van der Waals surface area contributed by atoms with Gasteiger partial charge in [0.2, 0.25) is 0 Å². The van der Waals surface area contributed by atoms with Gasteiger partial charge >= 0.3 is 0 Å².